The molecule has 0 aromatic heterocycles. The summed E-state index contributed by atoms with van der Waals surface area (Å²) in [4.78, 5) is 4.20. The van der Waals surface area contributed by atoms with E-state index in [0.29, 0.717) is 25.7 Å². The molecule has 0 fully saturated rings. The van der Waals surface area contributed by atoms with Gasteiger partial charge in [0.2, 0.25) is 0 Å². The molecular formula is C19H22FN3O2. The number of hydrogen-bond acceptors (Lipinski definition) is 3. The van der Waals surface area contributed by atoms with Gasteiger partial charge in [-0.15, -0.1) is 0 Å². The minimum absolute atomic E-state index is 0.0782. The van der Waals surface area contributed by atoms with Crippen molar-refractivity contribution in [3.8, 4) is 11.5 Å². The first kappa shape index (κ1) is 17.1. The first-order valence-corrected chi connectivity index (χ1v) is 8.32. The summed E-state index contributed by atoms with van der Waals surface area (Å²) in [6.45, 7) is 1.79. The molecule has 0 amide bonds. The maximum Gasteiger partial charge on any atom is 0.191 e. The summed E-state index contributed by atoms with van der Waals surface area (Å²) in [5.41, 5.74) is 1.07. The predicted octanol–water partition coefficient (Wildman–Crippen LogP) is 2.37. The fourth-order valence-electron chi connectivity index (χ4n) is 2.57. The monoisotopic (exact) mass is 343 g/mol. The summed E-state index contributed by atoms with van der Waals surface area (Å²) >= 11 is 0. The molecule has 6 heteroatoms. The van der Waals surface area contributed by atoms with Gasteiger partial charge >= 0.3 is 0 Å². The minimum Gasteiger partial charge on any atom is -0.486 e. The molecule has 2 aromatic carbocycles. The van der Waals surface area contributed by atoms with Crippen molar-refractivity contribution in [2.45, 2.75) is 12.5 Å². The third-order valence-electron chi connectivity index (χ3n) is 3.91. The van der Waals surface area contributed by atoms with Crippen LogP contribution in [0.2, 0.25) is 0 Å². The standard InChI is InChI=1S/C19H22FN3O2/c1-21-19(22-11-10-14-6-8-15(20)9-7-14)23-12-16-13-24-17-4-2-3-5-18(17)25-16/h2-9,16H,10-13H2,1H3,(H2,21,22,23). The highest BCUT2D eigenvalue weighted by Gasteiger charge is 2.20. The highest BCUT2D eigenvalue weighted by molar-refractivity contribution is 5.79. The van der Waals surface area contributed by atoms with E-state index in [1.807, 2.05) is 24.3 Å². The number of rotatable bonds is 5. The summed E-state index contributed by atoms with van der Waals surface area (Å²) < 4.78 is 24.5. The van der Waals surface area contributed by atoms with Crippen LogP contribution in [0, 0.1) is 5.82 Å². The molecule has 132 valence electrons. The van der Waals surface area contributed by atoms with E-state index in [1.165, 1.54) is 12.1 Å². The van der Waals surface area contributed by atoms with E-state index in [2.05, 4.69) is 15.6 Å². The van der Waals surface area contributed by atoms with Gasteiger partial charge in [-0.05, 0) is 36.2 Å². The number of halogens is 1. The molecule has 1 aliphatic rings. The average molecular weight is 343 g/mol. The molecule has 2 aromatic rings. The quantitative estimate of drug-likeness (QED) is 0.646. The summed E-state index contributed by atoms with van der Waals surface area (Å²) in [5.74, 6) is 2.02. The van der Waals surface area contributed by atoms with Gasteiger partial charge in [-0.3, -0.25) is 4.99 Å². The van der Waals surface area contributed by atoms with E-state index in [9.17, 15) is 4.39 Å². The van der Waals surface area contributed by atoms with Crippen LogP contribution in [0.15, 0.2) is 53.5 Å². The Morgan fingerprint density at radius 3 is 2.64 bits per heavy atom. The van der Waals surface area contributed by atoms with Crippen molar-refractivity contribution < 1.29 is 13.9 Å². The number of benzene rings is 2. The summed E-state index contributed by atoms with van der Waals surface area (Å²) in [5, 5.41) is 6.48. The highest BCUT2D eigenvalue weighted by Crippen LogP contribution is 2.30. The van der Waals surface area contributed by atoms with E-state index >= 15 is 0 Å². The second kappa shape index (κ2) is 8.37. The van der Waals surface area contributed by atoms with Crippen LogP contribution in [-0.2, 0) is 6.42 Å². The topological polar surface area (TPSA) is 54.9 Å². The van der Waals surface area contributed by atoms with Crippen molar-refractivity contribution in [2.24, 2.45) is 4.99 Å². The normalized spacial score (nSPS) is 16.4. The maximum absolute atomic E-state index is 12.9. The average Bonchev–Trinajstić information content (AvgIpc) is 2.66. The molecular weight excluding hydrogens is 321 g/mol. The number of ether oxygens (including phenoxy) is 2. The van der Waals surface area contributed by atoms with Gasteiger partial charge in [0.25, 0.3) is 0 Å². The summed E-state index contributed by atoms with van der Waals surface area (Å²) in [7, 11) is 1.72. The van der Waals surface area contributed by atoms with E-state index in [1.54, 1.807) is 19.2 Å². The van der Waals surface area contributed by atoms with Crippen molar-refractivity contribution in [1.82, 2.24) is 10.6 Å². The Labute approximate surface area is 146 Å². The van der Waals surface area contributed by atoms with Gasteiger partial charge in [0.15, 0.2) is 17.5 Å². The first-order chi connectivity index (χ1) is 12.2. The molecule has 0 radical (unpaired) electrons. The fourth-order valence-corrected chi connectivity index (χ4v) is 2.57. The molecule has 0 bridgehead atoms. The van der Waals surface area contributed by atoms with Crippen molar-refractivity contribution in [2.75, 3.05) is 26.7 Å². The van der Waals surface area contributed by atoms with Gasteiger partial charge < -0.3 is 20.1 Å². The molecule has 0 saturated heterocycles. The Morgan fingerprint density at radius 2 is 1.88 bits per heavy atom. The highest BCUT2D eigenvalue weighted by atomic mass is 19.1. The van der Waals surface area contributed by atoms with Crippen molar-refractivity contribution in [1.29, 1.82) is 0 Å². The van der Waals surface area contributed by atoms with Gasteiger partial charge in [-0.25, -0.2) is 4.39 Å². The molecule has 5 nitrogen and oxygen atoms in total. The number of hydrogen-bond donors (Lipinski definition) is 2. The molecule has 0 spiro atoms. The number of nitrogens with one attached hydrogen (secondary N) is 2. The lowest BCUT2D eigenvalue weighted by Crippen LogP contribution is -2.45. The zero-order valence-corrected chi connectivity index (χ0v) is 14.2. The lowest BCUT2D eigenvalue weighted by Gasteiger charge is -2.27. The number of nitrogens with zero attached hydrogens (tertiary/aromatic N) is 1. The van der Waals surface area contributed by atoms with Crippen LogP contribution < -0.4 is 20.1 Å². The van der Waals surface area contributed by atoms with Crippen LogP contribution in [-0.4, -0.2) is 38.8 Å². The summed E-state index contributed by atoms with van der Waals surface area (Å²) in [6.07, 6.45) is 0.711. The van der Waals surface area contributed by atoms with Gasteiger partial charge in [0.05, 0.1) is 6.54 Å². The van der Waals surface area contributed by atoms with Gasteiger partial charge in [0, 0.05) is 13.6 Å². The Kier molecular flexibility index (Phi) is 5.72. The molecule has 25 heavy (non-hydrogen) atoms. The number of fused-ring (bicyclic) bond motifs is 1. The van der Waals surface area contributed by atoms with Crippen molar-refractivity contribution in [3.63, 3.8) is 0 Å². The Balaban J connectivity index is 1.41. The third-order valence-corrected chi connectivity index (χ3v) is 3.91. The molecule has 3 rings (SSSR count). The molecule has 1 heterocycles. The molecule has 1 atom stereocenters. The van der Waals surface area contributed by atoms with Crippen LogP contribution in [0.1, 0.15) is 5.56 Å². The molecule has 2 N–H and O–H groups in total. The van der Waals surface area contributed by atoms with Gasteiger partial charge in [-0.2, -0.15) is 0 Å². The van der Waals surface area contributed by atoms with Crippen LogP contribution in [0.3, 0.4) is 0 Å². The first-order valence-electron chi connectivity index (χ1n) is 8.32. The smallest absolute Gasteiger partial charge is 0.191 e. The zero-order chi connectivity index (χ0) is 17.5. The van der Waals surface area contributed by atoms with E-state index < -0.39 is 0 Å². The second-order valence-corrected chi connectivity index (χ2v) is 5.75. The van der Waals surface area contributed by atoms with E-state index in [4.69, 9.17) is 9.47 Å². The second-order valence-electron chi connectivity index (χ2n) is 5.75. The Bertz CT molecular complexity index is 719. The number of aliphatic imine (C=N–C) groups is 1. The molecule has 1 aliphatic heterocycles. The van der Waals surface area contributed by atoms with Crippen LogP contribution >= 0.6 is 0 Å². The molecule has 1 unspecified atom stereocenters. The Morgan fingerprint density at radius 1 is 1.12 bits per heavy atom. The lowest BCUT2D eigenvalue weighted by molar-refractivity contribution is 0.0936. The van der Waals surface area contributed by atoms with Crippen LogP contribution in [0.5, 0.6) is 11.5 Å². The van der Waals surface area contributed by atoms with E-state index in [0.717, 1.165) is 23.5 Å². The predicted molar refractivity (Wildman–Crippen MR) is 95.8 cm³/mol. The van der Waals surface area contributed by atoms with Gasteiger partial charge in [-0.1, -0.05) is 24.3 Å². The SMILES string of the molecule is CN=C(NCCc1ccc(F)cc1)NCC1COc2ccccc2O1. The zero-order valence-electron chi connectivity index (χ0n) is 14.2. The number of guanidine groups is 1. The number of para-hydroxylation sites is 2. The summed E-state index contributed by atoms with van der Waals surface area (Å²) in [6, 6.07) is 14.2. The van der Waals surface area contributed by atoms with Crippen molar-refractivity contribution in [3.05, 3.63) is 59.9 Å². The largest absolute Gasteiger partial charge is 0.486 e. The third kappa shape index (κ3) is 4.86. The van der Waals surface area contributed by atoms with E-state index in [-0.39, 0.29) is 11.9 Å². The molecule has 0 saturated carbocycles. The minimum atomic E-state index is -0.217. The maximum atomic E-state index is 12.9. The molecule has 0 aliphatic carbocycles. The lowest BCUT2D eigenvalue weighted by atomic mass is 10.1. The van der Waals surface area contributed by atoms with Crippen LogP contribution in [0.25, 0.3) is 0 Å². The Hall–Kier alpha value is -2.76. The fraction of sp³-hybridized carbons (Fsp3) is 0.316. The van der Waals surface area contributed by atoms with Crippen molar-refractivity contribution >= 4 is 5.96 Å². The van der Waals surface area contributed by atoms with Crippen LogP contribution in [0.4, 0.5) is 4.39 Å². The van der Waals surface area contributed by atoms with Gasteiger partial charge in [0.1, 0.15) is 18.5 Å².